The number of aliphatic hydroxyl groups excluding tert-OH is 1. The molecule has 0 amide bonds. The fourth-order valence-electron chi connectivity index (χ4n) is 3.28. The van der Waals surface area contributed by atoms with E-state index in [9.17, 15) is 9.50 Å². The average Bonchev–Trinajstić information content (AvgIpc) is 3.24. The number of hydrogen-bond acceptors (Lipinski definition) is 6. The Bertz CT molecular complexity index is 693. The first kappa shape index (κ1) is 18.0. The molecular formula is C18H25FN4O2. The Kier molecular flexibility index (Phi) is 5.78. The normalized spacial score (nSPS) is 19.6. The summed E-state index contributed by atoms with van der Waals surface area (Å²) < 4.78 is 18.9. The Morgan fingerprint density at radius 3 is 2.96 bits per heavy atom. The molecule has 0 spiro atoms. The summed E-state index contributed by atoms with van der Waals surface area (Å²) >= 11 is 0. The summed E-state index contributed by atoms with van der Waals surface area (Å²) in [4.78, 5) is 8.72. The lowest BCUT2D eigenvalue weighted by Crippen LogP contribution is -2.35. The van der Waals surface area contributed by atoms with Gasteiger partial charge < -0.3 is 9.63 Å². The van der Waals surface area contributed by atoms with Gasteiger partial charge in [0, 0.05) is 31.1 Å². The minimum Gasteiger partial charge on any atom is -0.387 e. The predicted octanol–water partition coefficient (Wildman–Crippen LogP) is 2.01. The minimum atomic E-state index is -0.811. The standard InChI is InChI=1S/C18H25FN4O2/c1-3-18-20-17(21-25-18)12-22(2)13-8-9-23(10-13)11-16(24)14-6-4-5-7-15(14)19/h4-7,13,16,24H,3,8-12H2,1-2H3/t13-,16+/m1/s1. The van der Waals surface area contributed by atoms with Gasteiger partial charge in [-0.1, -0.05) is 30.3 Å². The van der Waals surface area contributed by atoms with Gasteiger partial charge in [-0.3, -0.25) is 9.80 Å². The molecule has 1 aromatic carbocycles. The summed E-state index contributed by atoms with van der Waals surface area (Å²) in [5, 5.41) is 14.3. The molecule has 0 radical (unpaired) electrons. The second-order valence-electron chi connectivity index (χ2n) is 6.61. The lowest BCUT2D eigenvalue weighted by molar-refractivity contribution is 0.117. The number of aryl methyl sites for hydroxylation is 1. The summed E-state index contributed by atoms with van der Waals surface area (Å²) in [6.07, 6.45) is 0.926. The van der Waals surface area contributed by atoms with Gasteiger partial charge in [-0.15, -0.1) is 0 Å². The molecule has 0 aliphatic carbocycles. The third-order valence-electron chi connectivity index (χ3n) is 4.77. The SMILES string of the molecule is CCc1nc(CN(C)[C@@H]2CCN(C[C@H](O)c3ccccc3F)C2)no1. The zero-order chi connectivity index (χ0) is 17.8. The van der Waals surface area contributed by atoms with Gasteiger partial charge in [0.05, 0.1) is 12.6 Å². The molecular weight excluding hydrogens is 323 g/mol. The lowest BCUT2D eigenvalue weighted by atomic mass is 10.1. The molecule has 6 nitrogen and oxygen atoms in total. The molecule has 0 bridgehead atoms. The Hall–Kier alpha value is -1.83. The summed E-state index contributed by atoms with van der Waals surface area (Å²) in [7, 11) is 2.05. The largest absolute Gasteiger partial charge is 0.387 e. The van der Waals surface area contributed by atoms with Crippen molar-refractivity contribution in [3.05, 3.63) is 47.4 Å². The van der Waals surface area contributed by atoms with Crippen LogP contribution in [0.5, 0.6) is 0 Å². The van der Waals surface area contributed by atoms with Gasteiger partial charge in [0.25, 0.3) is 0 Å². The number of aliphatic hydroxyl groups is 1. The molecule has 25 heavy (non-hydrogen) atoms. The second kappa shape index (κ2) is 8.03. The Balaban J connectivity index is 1.51. The van der Waals surface area contributed by atoms with Crippen molar-refractivity contribution in [2.75, 3.05) is 26.7 Å². The van der Waals surface area contributed by atoms with Crippen molar-refractivity contribution in [2.24, 2.45) is 0 Å². The van der Waals surface area contributed by atoms with Crippen molar-refractivity contribution >= 4 is 0 Å². The van der Waals surface area contributed by atoms with Crippen LogP contribution in [0.1, 0.15) is 36.7 Å². The van der Waals surface area contributed by atoms with Gasteiger partial charge in [0.15, 0.2) is 5.82 Å². The number of likely N-dealkylation sites (tertiary alicyclic amines) is 1. The van der Waals surface area contributed by atoms with Crippen LogP contribution in [0.3, 0.4) is 0 Å². The quantitative estimate of drug-likeness (QED) is 0.826. The molecule has 2 aromatic rings. The van der Waals surface area contributed by atoms with Crippen molar-refractivity contribution in [2.45, 2.75) is 38.5 Å². The molecule has 0 unspecified atom stereocenters. The van der Waals surface area contributed by atoms with Gasteiger partial charge in [-0.05, 0) is 26.1 Å². The number of rotatable bonds is 7. The van der Waals surface area contributed by atoms with Gasteiger partial charge in [0.1, 0.15) is 5.82 Å². The molecule has 136 valence electrons. The van der Waals surface area contributed by atoms with Gasteiger partial charge in [0.2, 0.25) is 5.89 Å². The van der Waals surface area contributed by atoms with Crippen LogP contribution in [-0.4, -0.2) is 57.8 Å². The number of hydrogen-bond donors (Lipinski definition) is 1. The summed E-state index contributed by atoms with van der Waals surface area (Å²) in [5.41, 5.74) is 0.359. The Morgan fingerprint density at radius 2 is 2.24 bits per heavy atom. The fourth-order valence-corrected chi connectivity index (χ4v) is 3.28. The van der Waals surface area contributed by atoms with Crippen LogP contribution >= 0.6 is 0 Å². The number of benzene rings is 1. The minimum absolute atomic E-state index is 0.355. The van der Waals surface area contributed by atoms with E-state index in [1.807, 2.05) is 14.0 Å². The highest BCUT2D eigenvalue weighted by Crippen LogP contribution is 2.22. The molecule has 1 aromatic heterocycles. The maximum absolute atomic E-state index is 13.8. The van der Waals surface area contributed by atoms with Gasteiger partial charge in [-0.2, -0.15) is 4.98 Å². The molecule has 1 aliphatic rings. The average molecular weight is 348 g/mol. The first-order valence-electron chi connectivity index (χ1n) is 8.73. The van der Waals surface area contributed by atoms with Gasteiger partial charge in [-0.25, -0.2) is 4.39 Å². The van der Waals surface area contributed by atoms with E-state index in [1.165, 1.54) is 6.07 Å². The number of likely N-dealkylation sites (N-methyl/N-ethyl adjacent to an activating group) is 1. The van der Waals surface area contributed by atoms with E-state index in [4.69, 9.17) is 4.52 Å². The first-order valence-corrected chi connectivity index (χ1v) is 8.73. The molecule has 2 heterocycles. The number of halogens is 1. The Labute approximate surface area is 147 Å². The predicted molar refractivity (Wildman–Crippen MR) is 91.3 cm³/mol. The van der Waals surface area contributed by atoms with E-state index in [0.717, 1.165) is 25.9 Å². The van der Waals surface area contributed by atoms with Gasteiger partial charge >= 0.3 is 0 Å². The van der Waals surface area contributed by atoms with E-state index >= 15 is 0 Å². The van der Waals surface area contributed by atoms with Crippen molar-refractivity contribution in [1.29, 1.82) is 0 Å². The highest BCUT2D eigenvalue weighted by Gasteiger charge is 2.28. The smallest absolute Gasteiger partial charge is 0.226 e. The van der Waals surface area contributed by atoms with Crippen LogP contribution < -0.4 is 0 Å². The van der Waals surface area contributed by atoms with Crippen LogP contribution in [-0.2, 0) is 13.0 Å². The summed E-state index contributed by atoms with van der Waals surface area (Å²) in [6.45, 7) is 4.77. The molecule has 0 saturated carbocycles. The number of aromatic nitrogens is 2. The van der Waals surface area contributed by atoms with Crippen molar-refractivity contribution in [3.8, 4) is 0 Å². The molecule has 2 atom stereocenters. The Morgan fingerprint density at radius 1 is 1.44 bits per heavy atom. The highest BCUT2D eigenvalue weighted by atomic mass is 19.1. The third-order valence-corrected chi connectivity index (χ3v) is 4.77. The van der Waals surface area contributed by atoms with Crippen LogP contribution in [0, 0.1) is 5.82 Å². The fraction of sp³-hybridized carbons (Fsp3) is 0.556. The molecule has 3 rings (SSSR count). The maximum atomic E-state index is 13.8. The van der Waals surface area contributed by atoms with E-state index in [1.54, 1.807) is 18.2 Å². The third kappa shape index (κ3) is 4.42. The van der Waals surface area contributed by atoms with E-state index in [0.29, 0.717) is 36.4 Å². The lowest BCUT2D eigenvalue weighted by Gasteiger charge is -2.24. The molecule has 1 aliphatic heterocycles. The second-order valence-corrected chi connectivity index (χ2v) is 6.61. The summed E-state index contributed by atoms with van der Waals surface area (Å²) in [5.74, 6) is 1.00. The summed E-state index contributed by atoms with van der Waals surface area (Å²) in [6, 6.07) is 6.76. The van der Waals surface area contributed by atoms with Crippen LogP contribution in [0.25, 0.3) is 0 Å². The van der Waals surface area contributed by atoms with Crippen LogP contribution in [0.4, 0.5) is 4.39 Å². The zero-order valence-corrected chi connectivity index (χ0v) is 14.7. The van der Waals surface area contributed by atoms with E-state index in [-0.39, 0.29) is 5.82 Å². The molecule has 1 saturated heterocycles. The molecule has 1 fully saturated rings. The van der Waals surface area contributed by atoms with Crippen molar-refractivity contribution < 1.29 is 14.0 Å². The van der Waals surface area contributed by atoms with Crippen LogP contribution in [0.2, 0.25) is 0 Å². The topological polar surface area (TPSA) is 65.6 Å². The molecule has 7 heteroatoms. The number of β-amino-alcohol motifs (C(OH)–C–C–N with tert-alkyl or cyclic N) is 1. The maximum Gasteiger partial charge on any atom is 0.226 e. The highest BCUT2D eigenvalue weighted by molar-refractivity contribution is 5.20. The molecule has 1 N–H and O–H groups in total. The van der Waals surface area contributed by atoms with E-state index < -0.39 is 6.10 Å². The van der Waals surface area contributed by atoms with Crippen LogP contribution in [0.15, 0.2) is 28.8 Å². The zero-order valence-electron chi connectivity index (χ0n) is 14.7. The monoisotopic (exact) mass is 348 g/mol. The van der Waals surface area contributed by atoms with E-state index in [2.05, 4.69) is 19.9 Å². The van der Waals surface area contributed by atoms with Crippen molar-refractivity contribution in [3.63, 3.8) is 0 Å². The number of nitrogens with zero attached hydrogens (tertiary/aromatic N) is 4. The first-order chi connectivity index (χ1) is 12.1. The van der Waals surface area contributed by atoms with Crippen molar-refractivity contribution in [1.82, 2.24) is 19.9 Å².